The molecule has 14 heteroatoms. The van der Waals surface area contributed by atoms with Crippen LogP contribution in [0.5, 0.6) is 0 Å². The third-order valence-electron chi connectivity index (χ3n) is 5.04. The summed E-state index contributed by atoms with van der Waals surface area (Å²) in [7, 11) is 4.03. The summed E-state index contributed by atoms with van der Waals surface area (Å²) in [5.74, 6) is -0.385. The second-order valence-electron chi connectivity index (χ2n) is 10.6. The molecule has 0 radical (unpaired) electrons. The Bertz CT molecular complexity index is 594. The van der Waals surface area contributed by atoms with Crippen molar-refractivity contribution in [3.8, 4) is 0 Å². The van der Waals surface area contributed by atoms with E-state index in [2.05, 4.69) is 4.90 Å². The lowest BCUT2D eigenvalue weighted by molar-refractivity contribution is -0.160. The fourth-order valence-electron chi connectivity index (χ4n) is 2.97. The monoisotopic (exact) mass is 643 g/mol. The van der Waals surface area contributed by atoms with Gasteiger partial charge in [0, 0.05) is 6.54 Å². The number of carbonyl (C=O) groups excluding carboxylic acids is 1. The van der Waals surface area contributed by atoms with Crippen LogP contribution in [0, 0.1) is 0 Å². The quantitative estimate of drug-likeness (QED) is 0.0721. The Morgan fingerprint density at radius 1 is 0.409 bits per heavy atom. The van der Waals surface area contributed by atoms with Crippen molar-refractivity contribution in [3.63, 3.8) is 0 Å². The maximum Gasteiger partial charge on any atom is 0.332 e. The molecule has 0 aliphatic heterocycles. The van der Waals surface area contributed by atoms with Gasteiger partial charge in [-0.1, -0.05) is 0 Å². The predicted molar refractivity (Wildman–Crippen MR) is 163 cm³/mol. The molecule has 44 heavy (non-hydrogen) atoms. The van der Waals surface area contributed by atoms with E-state index < -0.39 is 5.60 Å². The maximum atomic E-state index is 11.5. The van der Waals surface area contributed by atoms with E-state index in [0.717, 1.165) is 6.54 Å². The molecule has 0 aromatic heterocycles. The minimum atomic E-state index is -0.509. The van der Waals surface area contributed by atoms with Crippen molar-refractivity contribution >= 4 is 5.97 Å². The molecule has 0 fully saturated rings. The summed E-state index contributed by atoms with van der Waals surface area (Å²) in [6.07, 6.45) is 0. The summed E-state index contributed by atoms with van der Waals surface area (Å²) in [6.45, 7) is 16.9. The van der Waals surface area contributed by atoms with Crippen LogP contribution in [-0.2, 0) is 61.6 Å². The van der Waals surface area contributed by atoms with Crippen LogP contribution in [0.2, 0.25) is 0 Å². The van der Waals surface area contributed by atoms with E-state index in [1.165, 1.54) is 0 Å². The average molecular weight is 644 g/mol. The molecule has 0 atom stereocenters. The second kappa shape index (κ2) is 33.4. The molecule has 0 N–H and O–H groups in total. The van der Waals surface area contributed by atoms with Gasteiger partial charge in [-0.3, -0.25) is 0 Å². The molecule has 0 spiro atoms. The van der Waals surface area contributed by atoms with Crippen LogP contribution in [0.1, 0.15) is 20.8 Å². The van der Waals surface area contributed by atoms with Crippen molar-refractivity contribution in [3.05, 3.63) is 0 Å². The maximum absolute atomic E-state index is 11.5. The number of esters is 1. The zero-order valence-electron chi connectivity index (χ0n) is 28.0. The second-order valence-corrected chi connectivity index (χ2v) is 10.6. The van der Waals surface area contributed by atoms with E-state index in [0.29, 0.717) is 139 Å². The molecule has 0 saturated heterocycles. The normalized spacial score (nSPS) is 12.0. The molecule has 0 unspecified atom stereocenters. The van der Waals surface area contributed by atoms with E-state index in [4.69, 9.17) is 56.8 Å². The van der Waals surface area contributed by atoms with Crippen molar-refractivity contribution in [1.29, 1.82) is 0 Å². The average Bonchev–Trinajstić information content (AvgIpc) is 2.96. The van der Waals surface area contributed by atoms with E-state index in [1.54, 1.807) is 0 Å². The molecule has 0 rings (SSSR count). The number of nitrogens with zero attached hydrogens (tertiary/aromatic N) is 1. The highest BCUT2D eigenvalue weighted by Gasteiger charge is 2.15. The number of likely N-dealkylation sites (N-methyl/N-ethyl adjacent to an activating group) is 1. The van der Waals surface area contributed by atoms with Gasteiger partial charge in [0.1, 0.15) is 12.2 Å². The standard InChI is InChI=1S/C30H61NO13/c1-30(2,3)44-29(32)28-43-27-26-42-25-24-41-23-22-40-21-20-39-19-18-38-17-16-37-15-14-36-13-12-35-11-10-34-9-8-33-7-6-31(4)5/h6-28H2,1-5H3. The number of rotatable bonds is 35. The van der Waals surface area contributed by atoms with Gasteiger partial charge < -0.3 is 61.7 Å². The van der Waals surface area contributed by atoms with Gasteiger partial charge in [0.05, 0.1) is 139 Å². The van der Waals surface area contributed by atoms with E-state index >= 15 is 0 Å². The Hall–Kier alpha value is -1.01. The van der Waals surface area contributed by atoms with Gasteiger partial charge in [-0.15, -0.1) is 0 Å². The summed E-state index contributed by atoms with van der Waals surface area (Å²) in [5.41, 5.74) is -0.509. The van der Waals surface area contributed by atoms with Gasteiger partial charge in [0.2, 0.25) is 0 Å². The molecule has 264 valence electrons. The topological polar surface area (TPSA) is 131 Å². The van der Waals surface area contributed by atoms with Crippen molar-refractivity contribution < 1.29 is 61.6 Å². The Morgan fingerprint density at radius 2 is 0.636 bits per heavy atom. The summed E-state index contributed by atoms with van der Waals surface area (Å²) in [4.78, 5) is 13.6. The van der Waals surface area contributed by atoms with Gasteiger partial charge in [0.25, 0.3) is 0 Å². The Kier molecular flexibility index (Phi) is 32.6. The van der Waals surface area contributed by atoms with E-state index in [-0.39, 0.29) is 12.6 Å². The van der Waals surface area contributed by atoms with E-state index in [1.807, 2.05) is 34.9 Å². The fraction of sp³-hybridized carbons (Fsp3) is 0.967. The molecule has 14 nitrogen and oxygen atoms in total. The van der Waals surface area contributed by atoms with Crippen molar-refractivity contribution in [1.82, 2.24) is 4.90 Å². The predicted octanol–water partition coefficient (Wildman–Crippen LogP) is 1.07. The zero-order chi connectivity index (χ0) is 32.4. The zero-order valence-corrected chi connectivity index (χ0v) is 28.0. The SMILES string of the molecule is CN(C)CCOCCOCCOCCOCCOCCOCCOCCOCCOCCOCCOCC(=O)OC(C)(C)C. The van der Waals surface area contributed by atoms with Crippen LogP contribution >= 0.6 is 0 Å². The molecule has 0 saturated carbocycles. The molecule has 0 aliphatic carbocycles. The third-order valence-corrected chi connectivity index (χ3v) is 5.04. The van der Waals surface area contributed by atoms with Crippen molar-refractivity contribution in [2.24, 2.45) is 0 Å². The van der Waals surface area contributed by atoms with Gasteiger partial charge in [-0.05, 0) is 34.9 Å². The summed E-state index contributed by atoms with van der Waals surface area (Å²) in [5, 5.41) is 0. The molecule has 0 aliphatic rings. The highest BCUT2D eigenvalue weighted by atomic mass is 16.6. The lowest BCUT2D eigenvalue weighted by atomic mass is 10.2. The summed E-state index contributed by atoms with van der Waals surface area (Å²) < 4.78 is 64.8. The van der Waals surface area contributed by atoms with Crippen LogP contribution in [0.3, 0.4) is 0 Å². The van der Waals surface area contributed by atoms with Gasteiger partial charge in [-0.2, -0.15) is 0 Å². The lowest BCUT2D eigenvalue weighted by Gasteiger charge is -2.19. The largest absolute Gasteiger partial charge is 0.458 e. The highest BCUT2D eigenvalue weighted by molar-refractivity contribution is 5.71. The number of ether oxygens (including phenoxy) is 12. The van der Waals surface area contributed by atoms with Crippen LogP contribution in [0.25, 0.3) is 0 Å². The smallest absolute Gasteiger partial charge is 0.332 e. The first-order valence-electron chi connectivity index (χ1n) is 15.5. The number of hydrogen-bond acceptors (Lipinski definition) is 14. The Morgan fingerprint density at radius 3 is 0.864 bits per heavy atom. The highest BCUT2D eigenvalue weighted by Crippen LogP contribution is 2.06. The molecular formula is C30H61NO13. The van der Waals surface area contributed by atoms with Crippen LogP contribution < -0.4 is 0 Å². The van der Waals surface area contributed by atoms with Crippen molar-refractivity contribution in [2.45, 2.75) is 26.4 Å². The first-order chi connectivity index (χ1) is 21.3. The van der Waals surface area contributed by atoms with Crippen molar-refractivity contribution in [2.75, 3.05) is 166 Å². The van der Waals surface area contributed by atoms with Crippen LogP contribution in [0.15, 0.2) is 0 Å². The summed E-state index contributed by atoms with van der Waals surface area (Å²) >= 11 is 0. The van der Waals surface area contributed by atoms with Gasteiger partial charge in [0.15, 0.2) is 0 Å². The molecule has 0 aromatic carbocycles. The number of hydrogen-bond donors (Lipinski definition) is 0. The Labute approximate surface area is 265 Å². The minimum absolute atomic E-state index is 0.0815. The number of carbonyl (C=O) groups is 1. The molecule has 0 amide bonds. The molecular weight excluding hydrogens is 582 g/mol. The summed E-state index contributed by atoms with van der Waals surface area (Å²) in [6, 6.07) is 0. The molecule has 0 heterocycles. The van der Waals surface area contributed by atoms with Crippen LogP contribution in [0.4, 0.5) is 0 Å². The molecule has 0 bridgehead atoms. The van der Waals surface area contributed by atoms with Crippen LogP contribution in [-0.4, -0.2) is 182 Å². The first kappa shape index (κ1) is 43.0. The Balaban J connectivity index is 3.10. The van der Waals surface area contributed by atoms with Gasteiger partial charge >= 0.3 is 5.97 Å². The lowest BCUT2D eigenvalue weighted by Crippen LogP contribution is -2.27. The van der Waals surface area contributed by atoms with Gasteiger partial charge in [-0.25, -0.2) is 4.79 Å². The minimum Gasteiger partial charge on any atom is -0.458 e. The van der Waals surface area contributed by atoms with E-state index in [9.17, 15) is 4.79 Å². The molecule has 0 aromatic rings. The fourth-order valence-corrected chi connectivity index (χ4v) is 2.97. The third kappa shape index (κ3) is 39.0. The first-order valence-corrected chi connectivity index (χ1v) is 15.5.